The van der Waals surface area contributed by atoms with Crippen LogP contribution in [0.3, 0.4) is 0 Å². The summed E-state index contributed by atoms with van der Waals surface area (Å²) in [7, 11) is 1.66. The molecule has 2 saturated carbocycles. The van der Waals surface area contributed by atoms with E-state index < -0.39 is 5.97 Å². The van der Waals surface area contributed by atoms with E-state index in [1.807, 2.05) is 24.3 Å². The number of hydrogen-bond acceptors (Lipinski definition) is 3. The van der Waals surface area contributed by atoms with Crippen LogP contribution < -0.4 is 15.4 Å². The number of carbonyl (C=O) groups is 1. The third kappa shape index (κ3) is 6.20. The minimum Gasteiger partial charge on any atom is -0.497 e. The summed E-state index contributed by atoms with van der Waals surface area (Å²) in [4.78, 5) is 10.6. The topological polar surface area (TPSA) is 70.6 Å². The average molecular weight is 417 g/mol. The molecule has 158 valence electrons. The predicted molar refractivity (Wildman–Crippen MR) is 120 cm³/mol. The molecule has 0 aromatic heterocycles. The quantitative estimate of drug-likeness (QED) is 0.288. The number of rotatable bonds is 10. The molecule has 3 N–H and O–H groups in total. The number of benzene rings is 1. The SMILES string of the molecule is COc1ccc(NC(=S)NCC2C3CCC(C3)C2C/C=C\CCCC(=O)O)cc1. The summed E-state index contributed by atoms with van der Waals surface area (Å²) < 4.78 is 5.19. The average Bonchev–Trinajstić information content (AvgIpc) is 3.31. The van der Waals surface area contributed by atoms with Crippen molar-refractivity contribution in [2.24, 2.45) is 23.7 Å². The third-order valence-electron chi connectivity index (χ3n) is 6.46. The van der Waals surface area contributed by atoms with Gasteiger partial charge in [0.2, 0.25) is 0 Å². The van der Waals surface area contributed by atoms with Crippen LogP contribution in [0.15, 0.2) is 36.4 Å². The summed E-state index contributed by atoms with van der Waals surface area (Å²) in [5.41, 5.74) is 0.956. The first-order valence-electron chi connectivity index (χ1n) is 10.6. The van der Waals surface area contributed by atoms with E-state index in [1.54, 1.807) is 7.11 Å². The van der Waals surface area contributed by atoms with Crippen molar-refractivity contribution in [2.75, 3.05) is 19.0 Å². The number of allylic oxidation sites excluding steroid dienone is 2. The molecular formula is C23H32N2O3S. The monoisotopic (exact) mass is 416 g/mol. The van der Waals surface area contributed by atoms with E-state index in [-0.39, 0.29) is 6.42 Å². The van der Waals surface area contributed by atoms with Crippen molar-refractivity contribution in [3.63, 3.8) is 0 Å². The Hall–Kier alpha value is -2.08. The van der Waals surface area contributed by atoms with Crippen molar-refractivity contribution in [3.8, 4) is 5.75 Å². The Morgan fingerprint density at radius 2 is 1.93 bits per heavy atom. The number of anilines is 1. The summed E-state index contributed by atoms with van der Waals surface area (Å²) in [5.74, 6) is 3.13. The number of unbranched alkanes of at least 4 members (excludes halogenated alkanes) is 1. The third-order valence-corrected chi connectivity index (χ3v) is 6.70. The number of fused-ring (bicyclic) bond motifs is 2. The molecular weight excluding hydrogens is 384 g/mol. The number of nitrogens with one attached hydrogen (secondary N) is 2. The van der Waals surface area contributed by atoms with Crippen LogP contribution in [0.5, 0.6) is 5.75 Å². The fraction of sp³-hybridized carbons (Fsp3) is 0.565. The molecule has 1 aromatic rings. The van der Waals surface area contributed by atoms with Gasteiger partial charge in [-0.2, -0.15) is 0 Å². The van der Waals surface area contributed by atoms with Crippen LogP contribution in [0.2, 0.25) is 0 Å². The molecule has 0 saturated heterocycles. The van der Waals surface area contributed by atoms with Gasteiger partial charge >= 0.3 is 5.97 Å². The number of hydrogen-bond donors (Lipinski definition) is 3. The number of carboxylic acids is 1. The second-order valence-electron chi connectivity index (χ2n) is 8.22. The van der Waals surface area contributed by atoms with E-state index >= 15 is 0 Å². The number of aliphatic carboxylic acids is 1. The van der Waals surface area contributed by atoms with Crippen molar-refractivity contribution >= 4 is 29.0 Å². The van der Waals surface area contributed by atoms with Crippen LogP contribution in [-0.4, -0.2) is 29.8 Å². The van der Waals surface area contributed by atoms with Crippen molar-refractivity contribution in [2.45, 2.75) is 44.9 Å². The normalized spacial score (nSPS) is 25.3. The molecule has 2 aliphatic carbocycles. The second kappa shape index (κ2) is 10.6. The minimum absolute atomic E-state index is 0.254. The number of thiocarbonyl (C=S) groups is 1. The van der Waals surface area contributed by atoms with Crippen molar-refractivity contribution in [1.82, 2.24) is 5.32 Å². The van der Waals surface area contributed by atoms with Gasteiger partial charge < -0.3 is 20.5 Å². The molecule has 0 radical (unpaired) electrons. The summed E-state index contributed by atoms with van der Waals surface area (Å²) in [6.07, 6.45) is 11.4. The van der Waals surface area contributed by atoms with Crippen LogP contribution in [0.4, 0.5) is 5.69 Å². The van der Waals surface area contributed by atoms with Gasteiger partial charge in [-0.25, -0.2) is 0 Å². The zero-order chi connectivity index (χ0) is 20.6. The molecule has 29 heavy (non-hydrogen) atoms. The molecule has 2 fully saturated rings. The molecule has 0 spiro atoms. The van der Waals surface area contributed by atoms with Gasteiger partial charge in [0, 0.05) is 18.7 Å². The van der Waals surface area contributed by atoms with Crippen LogP contribution in [0, 0.1) is 23.7 Å². The van der Waals surface area contributed by atoms with Gasteiger partial charge in [0.1, 0.15) is 5.75 Å². The predicted octanol–water partition coefficient (Wildman–Crippen LogP) is 4.85. The molecule has 0 heterocycles. The van der Waals surface area contributed by atoms with Gasteiger partial charge in [0.25, 0.3) is 0 Å². The first-order valence-corrected chi connectivity index (χ1v) is 11.0. The summed E-state index contributed by atoms with van der Waals surface area (Å²) in [5, 5.41) is 16.1. The van der Waals surface area contributed by atoms with Crippen LogP contribution >= 0.6 is 12.2 Å². The maximum atomic E-state index is 10.6. The molecule has 5 nitrogen and oxygen atoms in total. The van der Waals surface area contributed by atoms with Gasteiger partial charge in [0.15, 0.2) is 5.11 Å². The molecule has 4 atom stereocenters. The highest BCUT2D eigenvalue weighted by atomic mass is 32.1. The van der Waals surface area contributed by atoms with E-state index in [4.69, 9.17) is 22.1 Å². The van der Waals surface area contributed by atoms with E-state index in [2.05, 4.69) is 22.8 Å². The minimum atomic E-state index is -0.711. The molecule has 3 rings (SSSR count). The van der Waals surface area contributed by atoms with Gasteiger partial charge in [-0.3, -0.25) is 4.79 Å². The van der Waals surface area contributed by atoms with Gasteiger partial charge in [-0.15, -0.1) is 0 Å². The zero-order valence-electron chi connectivity index (χ0n) is 17.1. The Balaban J connectivity index is 1.44. The van der Waals surface area contributed by atoms with Gasteiger partial charge in [-0.1, -0.05) is 12.2 Å². The maximum Gasteiger partial charge on any atom is 0.303 e. The lowest BCUT2D eigenvalue weighted by Crippen LogP contribution is -2.37. The smallest absolute Gasteiger partial charge is 0.303 e. The first kappa shape index (κ1) is 21.6. The van der Waals surface area contributed by atoms with Crippen molar-refractivity contribution in [1.29, 1.82) is 0 Å². The van der Waals surface area contributed by atoms with Crippen molar-refractivity contribution in [3.05, 3.63) is 36.4 Å². The Kier molecular flexibility index (Phi) is 7.92. The summed E-state index contributed by atoms with van der Waals surface area (Å²) in [6, 6.07) is 7.75. The lowest BCUT2D eigenvalue weighted by Gasteiger charge is -2.31. The maximum absolute atomic E-state index is 10.6. The number of methoxy groups -OCH3 is 1. The highest BCUT2D eigenvalue weighted by molar-refractivity contribution is 7.80. The molecule has 2 bridgehead atoms. The largest absolute Gasteiger partial charge is 0.497 e. The summed E-state index contributed by atoms with van der Waals surface area (Å²) >= 11 is 5.50. The standard InChI is InChI=1S/C23H32N2O3S/c1-28-19-12-10-18(11-13-19)25-23(29)24-15-21-17-9-8-16(14-17)20(21)6-4-2-3-5-7-22(26)27/h2,4,10-13,16-17,20-21H,3,5-9,14-15H2,1H3,(H,26,27)(H2,24,25,29)/b4-2-. The number of carboxylic acid groups (broad SMARTS) is 1. The Morgan fingerprint density at radius 1 is 1.21 bits per heavy atom. The highest BCUT2D eigenvalue weighted by Crippen LogP contribution is 2.53. The zero-order valence-corrected chi connectivity index (χ0v) is 17.9. The van der Waals surface area contributed by atoms with Crippen LogP contribution in [0.25, 0.3) is 0 Å². The molecule has 6 heteroatoms. The van der Waals surface area contributed by atoms with Crippen LogP contribution in [0.1, 0.15) is 44.9 Å². The van der Waals surface area contributed by atoms with E-state index in [0.717, 1.165) is 49.1 Å². The van der Waals surface area contributed by atoms with E-state index in [1.165, 1.54) is 19.3 Å². The van der Waals surface area contributed by atoms with Crippen molar-refractivity contribution < 1.29 is 14.6 Å². The van der Waals surface area contributed by atoms with Gasteiger partial charge in [-0.05, 0) is 98.7 Å². The van der Waals surface area contributed by atoms with E-state index in [9.17, 15) is 4.79 Å². The Bertz CT molecular complexity index is 719. The lowest BCUT2D eigenvalue weighted by molar-refractivity contribution is -0.137. The lowest BCUT2D eigenvalue weighted by atomic mass is 9.77. The van der Waals surface area contributed by atoms with E-state index in [0.29, 0.717) is 16.9 Å². The summed E-state index contributed by atoms with van der Waals surface area (Å²) in [6.45, 7) is 0.917. The van der Waals surface area contributed by atoms with Crippen LogP contribution in [-0.2, 0) is 4.79 Å². The fourth-order valence-corrected chi connectivity index (χ4v) is 5.22. The fourth-order valence-electron chi connectivity index (χ4n) is 5.02. The second-order valence-corrected chi connectivity index (χ2v) is 8.63. The molecule has 2 aliphatic rings. The highest BCUT2D eigenvalue weighted by Gasteiger charge is 2.46. The molecule has 0 amide bonds. The Morgan fingerprint density at radius 3 is 2.62 bits per heavy atom. The molecule has 4 unspecified atom stereocenters. The Labute approximate surface area is 178 Å². The molecule has 1 aromatic carbocycles. The molecule has 0 aliphatic heterocycles. The number of ether oxygens (including phenoxy) is 1. The first-order chi connectivity index (χ1) is 14.1. The van der Waals surface area contributed by atoms with Gasteiger partial charge in [0.05, 0.1) is 7.11 Å².